The number of nitrogens with zero attached hydrogens (tertiary/aromatic N) is 2. The highest BCUT2D eigenvalue weighted by Crippen LogP contribution is 2.17. The van der Waals surface area contributed by atoms with Crippen LogP contribution in [0.4, 0.5) is 0 Å². The Morgan fingerprint density at radius 2 is 2.11 bits per heavy atom. The summed E-state index contributed by atoms with van der Waals surface area (Å²) < 4.78 is 2.44. The Balaban J connectivity index is 2.10. The van der Waals surface area contributed by atoms with E-state index in [0.29, 0.717) is 10.2 Å². The zero-order chi connectivity index (χ0) is 13.8. The van der Waals surface area contributed by atoms with Crippen LogP contribution >= 0.6 is 15.9 Å². The van der Waals surface area contributed by atoms with Gasteiger partial charge in [0.2, 0.25) is 0 Å². The predicted octanol–water partition coefficient (Wildman–Crippen LogP) is 3.16. The SMILES string of the molecule is CCn1cc(Br)c(C(=O)N[C@@H](C)c2ccccc2)n1. The highest BCUT2D eigenvalue weighted by atomic mass is 79.9. The van der Waals surface area contributed by atoms with Gasteiger partial charge in [-0.05, 0) is 35.3 Å². The van der Waals surface area contributed by atoms with E-state index in [-0.39, 0.29) is 11.9 Å². The molecular weight excluding hydrogens is 306 g/mol. The predicted molar refractivity (Wildman–Crippen MR) is 77.9 cm³/mol. The third kappa shape index (κ3) is 3.23. The van der Waals surface area contributed by atoms with Crippen LogP contribution in [0.15, 0.2) is 41.0 Å². The van der Waals surface area contributed by atoms with Crippen LogP contribution in [0.25, 0.3) is 0 Å². The lowest BCUT2D eigenvalue weighted by Crippen LogP contribution is -2.27. The Bertz CT molecular complexity index is 565. The van der Waals surface area contributed by atoms with Crippen LogP contribution < -0.4 is 5.32 Å². The molecular formula is C14H16BrN3O. The lowest BCUT2D eigenvalue weighted by Gasteiger charge is -2.13. The maximum absolute atomic E-state index is 12.2. The summed E-state index contributed by atoms with van der Waals surface area (Å²) in [5.74, 6) is -0.171. The molecule has 2 rings (SSSR count). The average molecular weight is 322 g/mol. The number of rotatable bonds is 4. The van der Waals surface area contributed by atoms with Gasteiger partial charge in [0.25, 0.3) is 5.91 Å². The van der Waals surface area contributed by atoms with Gasteiger partial charge in [-0.2, -0.15) is 5.10 Å². The fourth-order valence-corrected chi connectivity index (χ4v) is 2.30. The number of carbonyl (C=O) groups is 1. The van der Waals surface area contributed by atoms with E-state index < -0.39 is 0 Å². The van der Waals surface area contributed by atoms with Gasteiger partial charge in [0.1, 0.15) is 0 Å². The van der Waals surface area contributed by atoms with Crippen molar-refractivity contribution in [3.05, 3.63) is 52.3 Å². The van der Waals surface area contributed by atoms with Gasteiger partial charge in [0.05, 0.1) is 10.5 Å². The fraction of sp³-hybridized carbons (Fsp3) is 0.286. The van der Waals surface area contributed by atoms with Crippen molar-refractivity contribution < 1.29 is 4.79 Å². The highest BCUT2D eigenvalue weighted by Gasteiger charge is 2.17. The number of benzene rings is 1. The third-order valence-corrected chi connectivity index (χ3v) is 3.48. The number of hydrogen-bond acceptors (Lipinski definition) is 2. The number of aromatic nitrogens is 2. The summed E-state index contributed by atoms with van der Waals surface area (Å²) in [5.41, 5.74) is 1.49. The molecule has 0 fully saturated rings. The molecule has 0 spiro atoms. The van der Waals surface area contributed by atoms with Gasteiger partial charge >= 0.3 is 0 Å². The summed E-state index contributed by atoms with van der Waals surface area (Å²) in [5, 5.41) is 7.18. The molecule has 19 heavy (non-hydrogen) atoms. The van der Waals surface area contributed by atoms with E-state index in [1.54, 1.807) is 4.68 Å². The van der Waals surface area contributed by atoms with Crippen molar-refractivity contribution in [3.63, 3.8) is 0 Å². The maximum Gasteiger partial charge on any atom is 0.273 e. The molecule has 0 saturated carbocycles. The lowest BCUT2D eigenvalue weighted by molar-refractivity contribution is 0.0933. The van der Waals surface area contributed by atoms with Crippen molar-refractivity contribution in [1.29, 1.82) is 0 Å². The smallest absolute Gasteiger partial charge is 0.273 e. The second kappa shape index (κ2) is 6.02. The van der Waals surface area contributed by atoms with Gasteiger partial charge in [-0.3, -0.25) is 9.48 Å². The van der Waals surface area contributed by atoms with Crippen molar-refractivity contribution in [2.75, 3.05) is 0 Å². The minimum Gasteiger partial charge on any atom is -0.344 e. The summed E-state index contributed by atoms with van der Waals surface area (Å²) in [6, 6.07) is 9.80. The van der Waals surface area contributed by atoms with Crippen LogP contribution in [0, 0.1) is 0 Å². The van der Waals surface area contributed by atoms with Gasteiger partial charge in [0.15, 0.2) is 5.69 Å². The highest BCUT2D eigenvalue weighted by molar-refractivity contribution is 9.10. The molecule has 4 nitrogen and oxygen atoms in total. The molecule has 100 valence electrons. The van der Waals surface area contributed by atoms with Gasteiger partial charge in [-0.15, -0.1) is 0 Å². The molecule has 0 radical (unpaired) electrons. The number of carbonyl (C=O) groups excluding carboxylic acids is 1. The van der Waals surface area contributed by atoms with Gasteiger partial charge in [-0.1, -0.05) is 30.3 Å². The number of amides is 1. The molecule has 1 aromatic carbocycles. The first-order valence-corrected chi connectivity index (χ1v) is 7.00. The molecule has 0 bridgehead atoms. The molecule has 1 N–H and O–H groups in total. The van der Waals surface area contributed by atoms with Crippen molar-refractivity contribution in [2.24, 2.45) is 0 Å². The van der Waals surface area contributed by atoms with Crippen LogP contribution in [0.1, 0.15) is 35.9 Å². The number of nitrogens with one attached hydrogen (secondary N) is 1. The van der Waals surface area contributed by atoms with Crippen molar-refractivity contribution in [1.82, 2.24) is 15.1 Å². The second-order valence-corrected chi connectivity index (χ2v) is 5.14. The molecule has 0 unspecified atom stereocenters. The average Bonchev–Trinajstić information content (AvgIpc) is 2.81. The molecule has 1 atom stereocenters. The number of halogens is 1. The minimum absolute atomic E-state index is 0.0487. The normalized spacial score (nSPS) is 12.2. The van der Waals surface area contributed by atoms with Gasteiger partial charge in [0, 0.05) is 12.7 Å². The van der Waals surface area contributed by atoms with Crippen LogP contribution in [0.5, 0.6) is 0 Å². The van der Waals surface area contributed by atoms with Crippen molar-refractivity contribution >= 4 is 21.8 Å². The minimum atomic E-state index is -0.171. The van der Waals surface area contributed by atoms with Crippen LogP contribution in [-0.2, 0) is 6.54 Å². The number of aryl methyl sites for hydroxylation is 1. The van der Waals surface area contributed by atoms with Gasteiger partial charge < -0.3 is 5.32 Å². The molecule has 0 aliphatic heterocycles. The van der Waals surface area contributed by atoms with E-state index in [9.17, 15) is 4.79 Å². The first kappa shape index (κ1) is 13.8. The van der Waals surface area contributed by atoms with E-state index >= 15 is 0 Å². The summed E-state index contributed by atoms with van der Waals surface area (Å²) in [6.45, 7) is 4.67. The molecule has 0 aliphatic rings. The molecule has 1 heterocycles. The molecule has 0 aliphatic carbocycles. The Morgan fingerprint density at radius 1 is 1.42 bits per heavy atom. The fourth-order valence-electron chi connectivity index (χ4n) is 1.80. The topological polar surface area (TPSA) is 46.9 Å². The van der Waals surface area contributed by atoms with E-state index in [0.717, 1.165) is 12.1 Å². The lowest BCUT2D eigenvalue weighted by atomic mass is 10.1. The molecule has 0 saturated heterocycles. The van der Waals surface area contributed by atoms with Crippen LogP contribution in [0.2, 0.25) is 0 Å². The van der Waals surface area contributed by atoms with E-state index in [2.05, 4.69) is 26.3 Å². The summed E-state index contributed by atoms with van der Waals surface area (Å²) in [4.78, 5) is 12.2. The van der Waals surface area contributed by atoms with Crippen molar-refractivity contribution in [2.45, 2.75) is 26.4 Å². The maximum atomic E-state index is 12.2. The van der Waals surface area contributed by atoms with Crippen LogP contribution in [0.3, 0.4) is 0 Å². The second-order valence-electron chi connectivity index (χ2n) is 4.29. The zero-order valence-corrected chi connectivity index (χ0v) is 12.5. The largest absolute Gasteiger partial charge is 0.344 e. The third-order valence-electron chi connectivity index (χ3n) is 2.90. The molecule has 5 heteroatoms. The quantitative estimate of drug-likeness (QED) is 0.940. The standard InChI is InChI=1S/C14H16BrN3O/c1-3-18-9-12(15)13(17-18)14(19)16-10(2)11-7-5-4-6-8-11/h4-10H,3H2,1-2H3,(H,16,19)/t10-/m0/s1. The van der Waals surface area contributed by atoms with Crippen molar-refractivity contribution in [3.8, 4) is 0 Å². The first-order valence-electron chi connectivity index (χ1n) is 6.20. The Hall–Kier alpha value is -1.62. The first-order chi connectivity index (χ1) is 9.11. The Labute approximate surface area is 120 Å². The van der Waals surface area contributed by atoms with E-state index in [1.807, 2.05) is 50.4 Å². The van der Waals surface area contributed by atoms with Crippen LogP contribution in [-0.4, -0.2) is 15.7 Å². The molecule has 1 amide bonds. The van der Waals surface area contributed by atoms with E-state index in [1.165, 1.54) is 0 Å². The Kier molecular flexibility index (Phi) is 4.37. The summed E-state index contributed by atoms with van der Waals surface area (Å²) in [7, 11) is 0. The molecule has 1 aromatic heterocycles. The Morgan fingerprint density at radius 3 is 2.68 bits per heavy atom. The summed E-state index contributed by atoms with van der Waals surface area (Å²) in [6.07, 6.45) is 1.81. The molecule has 2 aromatic rings. The van der Waals surface area contributed by atoms with E-state index in [4.69, 9.17) is 0 Å². The summed E-state index contributed by atoms with van der Waals surface area (Å²) >= 11 is 3.36. The van der Waals surface area contributed by atoms with Gasteiger partial charge in [-0.25, -0.2) is 0 Å². The monoisotopic (exact) mass is 321 g/mol. The number of hydrogen-bond donors (Lipinski definition) is 1. The zero-order valence-electron chi connectivity index (χ0n) is 10.9.